The first kappa shape index (κ1) is 21.5. The maximum Gasteiger partial charge on any atom is 0.258 e. The number of halogens is 1. The van der Waals surface area contributed by atoms with Gasteiger partial charge in [0.25, 0.3) is 5.56 Å². The molecule has 0 unspecified atom stereocenters. The molecule has 2 heterocycles. The second-order valence-electron chi connectivity index (χ2n) is 7.12. The number of aromatic nitrogens is 2. The van der Waals surface area contributed by atoms with Gasteiger partial charge in [0.2, 0.25) is 0 Å². The SMILES string of the molecule is O=c1cc(C[P+](c2ccccc2)(c2ccccc2)c2ccccc2)nc2sccn12.[Cl-]. The van der Waals surface area contributed by atoms with E-state index in [0.29, 0.717) is 6.16 Å². The number of rotatable bonds is 5. The van der Waals surface area contributed by atoms with E-state index in [0.717, 1.165) is 10.7 Å². The van der Waals surface area contributed by atoms with Crippen LogP contribution in [0.25, 0.3) is 4.96 Å². The van der Waals surface area contributed by atoms with E-state index in [1.165, 1.54) is 27.3 Å². The van der Waals surface area contributed by atoms with Crippen LogP contribution in [0.2, 0.25) is 0 Å². The second-order valence-corrected chi connectivity index (χ2v) is 11.5. The van der Waals surface area contributed by atoms with Crippen LogP contribution in [0.4, 0.5) is 0 Å². The van der Waals surface area contributed by atoms with Crippen LogP contribution in [0, 0.1) is 0 Å². The highest BCUT2D eigenvalue weighted by atomic mass is 35.5. The van der Waals surface area contributed by atoms with Crippen LogP contribution >= 0.6 is 18.6 Å². The molecule has 0 radical (unpaired) electrons. The Balaban J connectivity index is 0.00000231. The van der Waals surface area contributed by atoms with Gasteiger partial charge in [-0.05, 0) is 36.4 Å². The second kappa shape index (κ2) is 9.15. The normalized spacial score (nSPS) is 11.2. The van der Waals surface area contributed by atoms with E-state index in [4.69, 9.17) is 4.98 Å². The van der Waals surface area contributed by atoms with Crippen molar-refractivity contribution < 1.29 is 12.4 Å². The Labute approximate surface area is 191 Å². The maximum atomic E-state index is 12.7. The Bertz CT molecular complexity index is 1240. The lowest BCUT2D eigenvalue weighted by Gasteiger charge is -2.27. The summed E-state index contributed by atoms with van der Waals surface area (Å²) in [6, 6.07) is 33.7. The van der Waals surface area contributed by atoms with Gasteiger partial charge in [0.05, 0.1) is 5.69 Å². The highest BCUT2D eigenvalue weighted by molar-refractivity contribution is 7.95. The lowest BCUT2D eigenvalue weighted by molar-refractivity contribution is -0.00000592. The first-order valence-electron chi connectivity index (χ1n) is 9.78. The molecule has 3 aromatic carbocycles. The number of fused-ring (bicyclic) bond motifs is 1. The molecule has 0 atom stereocenters. The van der Waals surface area contributed by atoms with Crippen LogP contribution in [0.1, 0.15) is 5.69 Å². The fourth-order valence-electron chi connectivity index (χ4n) is 3.98. The topological polar surface area (TPSA) is 34.4 Å². The third-order valence-corrected chi connectivity index (χ3v) is 10.4. The largest absolute Gasteiger partial charge is 1.00 e. The van der Waals surface area contributed by atoms with Gasteiger partial charge in [0.15, 0.2) is 4.96 Å². The summed E-state index contributed by atoms with van der Waals surface area (Å²) in [5.74, 6) is 0. The van der Waals surface area contributed by atoms with Crippen molar-refractivity contribution in [3.63, 3.8) is 0 Å². The van der Waals surface area contributed by atoms with Gasteiger partial charge in [0, 0.05) is 17.6 Å². The van der Waals surface area contributed by atoms with Crippen molar-refractivity contribution in [3.8, 4) is 0 Å². The van der Waals surface area contributed by atoms with Gasteiger partial charge in [-0.15, -0.1) is 11.3 Å². The molecule has 3 nitrogen and oxygen atoms in total. The van der Waals surface area contributed by atoms with Gasteiger partial charge in [-0.25, -0.2) is 4.98 Å². The van der Waals surface area contributed by atoms with Crippen LogP contribution in [-0.2, 0) is 6.16 Å². The Kier molecular flexibility index (Phi) is 6.33. The zero-order chi connectivity index (χ0) is 20.4. The third kappa shape index (κ3) is 3.95. The Morgan fingerprint density at radius 2 is 1.26 bits per heavy atom. The third-order valence-electron chi connectivity index (χ3n) is 5.35. The predicted octanol–water partition coefficient (Wildman–Crippen LogP) is 1.25. The van der Waals surface area contributed by atoms with Crippen molar-refractivity contribution in [1.29, 1.82) is 0 Å². The molecular weight excluding hydrogens is 443 g/mol. The number of hydrogen-bond donors (Lipinski definition) is 0. The summed E-state index contributed by atoms with van der Waals surface area (Å²) in [7, 11) is -2.06. The standard InChI is InChI=1S/C25H20N2OPS.ClH/c28-24-18-20(26-25-27(24)16-17-30-25)19-29(21-10-4-1-5-11-21,22-12-6-2-7-13-22)23-14-8-3-9-15-23;/h1-18H,19H2;1H/q+1;/p-1. The number of hydrogen-bond acceptors (Lipinski definition) is 3. The summed E-state index contributed by atoms with van der Waals surface area (Å²) < 4.78 is 1.61. The van der Waals surface area contributed by atoms with Crippen LogP contribution in [0.15, 0.2) is 113 Å². The highest BCUT2D eigenvalue weighted by Gasteiger charge is 2.45. The number of thiazole rings is 1. The molecule has 0 aliphatic heterocycles. The fourth-order valence-corrected chi connectivity index (χ4v) is 8.85. The molecule has 0 aliphatic carbocycles. The molecule has 0 amide bonds. The Morgan fingerprint density at radius 3 is 1.74 bits per heavy atom. The summed E-state index contributed by atoms with van der Waals surface area (Å²) in [5, 5.41) is 5.77. The smallest absolute Gasteiger partial charge is 0.258 e. The van der Waals surface area contributed by atoms with E-state index in [-0.39, 0.29) is 18.0 Å². The monoisotopic (exact) mass is 462 g/mol. The average Bonchev–Trinajstić information content (AvgIpc) is 3.29. The molecule has 0 aliphatic rings. The molecule has 154 valence electrons. The lowest BCUT2D eigenvalue weighted by Crippen LogP contribution is -3.00. The van der Waals surface area contributed by atoms with Gasteiger partial charge in [0.1, 0.15) is 29.3 Å². The van der Waals surface area contributed by atoms with Gasteiger partial charge < -0.3 is 12.4 Å². The van der Waals surface area contributed by atoms with Crippen LogP contribution < -0.4 is 33.9 Å². The van der Waals surface area contributed by atoms with Crippen molar-refractivity contribution in [3.05, 3.63) is 125 Å². The highest BCUT2D eigenvalue weighted by Crippen LogP contribution is 2.57. The van der Waals surface area contributed by atoms with Crippen LogP contribution in [-0.4, -0.2) is 9.38 Å². The van der Waals surface area contributed by atoms with Crippen LogP contribution in [0.3, 0.4) is 0 Å². The van der Waals surface area contributed by atoms with Gasteiger partial charge in [-0.1, -0.05) is 54.6 Å². The molecule has 31 heavy (non-hydrogen) atoms. The summed E-state index contributed by atoms with van der Waals surface area (Å²) >= 11 is 1.49. The van der Waals surface area contributed by atoms with Crippen molar-refractivity contribution in [2.45, 2.75) is 6.16 Å². The summed E-state index contributed by atoms with van der Waals surface area (Å²) in [4.78, 5) is 18.3. The molecule has 6 heteroatoms. The predicted molar refractivity (Wildman–Crippen MR) is 128 cm³/mol. The summed E-state index contributed by atoms with van der Waals surface area (Å²) in [6.45, 7) is 0. The Morgan fingerprint density at radius 1 is 0.774 bits per heavy atom. The first-order chi connectivity index (χ1) is 14.8. The van der Waals surface area contributed by atoms with Crippen molar-refractivity contribution in [2.75, 3.05) is 0 Å². The average molecular weight is 463 g/mol. The van der Waals surface area contributed by atoms with Crippen molar-refractivity contribution in [1.82, 2.24) is 9.38 Å². The summed E-state index contributed by atoms with van der Waals surface area (Å²) in [5.41, 5.74) is 0.816. The van der Waals surface area contributed by atoms with E-state index in [1.807, 2.05) is 5.38 Å². The van der Waals surface area contributed by atoms with Gasteiger partial charge >= 0.3 is 0 Å². The van der Waals surface area contributed by atoms with Gasteiger partial charge in [-0.3, -0.25) is 9.20 Å². The molecule has 0 bridgehead atoms. The molecule has 0 saturated heterocycles. The molecular formula is C25H20ClN2OPS. The Hall–Kier alpha value is -2.78. The minimum absolute atomic E-state index is 0. The molecule has 0 spiro atoms. The summed E-state index contributed by atoms with van der Waals surface area (Å²) in [6.07, 6.45) is 2.49. The lowest BCUT2D eigenvalue weighted by atomic mass is 10.3. The minimum atomic E-state index is -2.06. The fraction of sp³-hybridized carbons (Fsp3) is 0.0400. The van der Waals surface area contributed by atoms with Gasteiger partial charge in [-0.2, -0.15) is 0 Å². The molecule has 0 saturated carbocycles. The minimum Gasteiger partial charge on any atom is -1.00 e. The quantitative estimate of drug-likeness (QED) is 0.368. The zero-order valence-corrected chi connectivity index (χ0v) is 19.1. The van der Waals surface area contributed by atoms with Crippen molar-refractivity contribution >= 4 is 39.5 Å². The van der Waals surface area contributed by atoms with E-state index in [9.17, 15) is 4.79 Å². The van der Waals surface area contributed by atoms with E-state index in [2.05, 4.69) is 91.0 Å². The van der Waals surface area contributed by atoms with E-state index < -0.39 is 7.26 Å². The molecule has 0 N–H and O–H groups in total. The maximum absolute atomic E-state index is 12.7. The number of nitrogens with zero attached hydrogens (tertiary/aromatic N) is 2. The van der Waals surface area contributed by atoms with Crippen LogP contribution in [0.5, 0.6) is 0 Å². The first-order valence-corrected chi connectivity index (χ1v) is 12.6. The molecule has 2 aromatic heterocycles. The zero-order valence-electron chi connectivity index (χ0n) is 16.6. The van der Waals surface area contributed by atoms with Crippen molar-refractivity contribution in [2.24, 2.45) is 0 Å². The van der Waals surface area contributed by atoms with E-state index in [1.54, 1.807) is 16.7 Å². The molecule has 0 fully saturated rings. The molecule has 5 aromatic rings. The molecule has 5 rings (SSSR count). The van der Waals surface area contributed by atoms with E-state index >= 15 is 0 Å². The number of benzene rings is 3.